The Labute approximate surface area is 185 Å². The maximum atomic E-state index is 13.5. The van der Waals surface area contributed by atoms with Crippen LogP contribution in [0.4, 0.5) is 13.9 Å². The highest BCUT2D eigenvalue weighted by Gasteiger charge is 2.11. The number of hydrazone groups is 1. The lowest BCUT2D eigenvalue weighted by molar-refractivity contribution is 0.627. The van der Waals surface area contributed by atoms with E-state index in [2.05, 4.69) is 25.8 Å². The first-order valence-corrected chi connectivity index (χ1v) is 10.6. The van der Waals surface area contributed by atoms with Crippen molar-refractivity contribution < 1.29 is 8.78 Å². The molecular weight excluding hydrogens is 430 g/mol. The molecule has 0 atom stereocenters. The molecule has 0 saturated heterocycles. The summed E-state index contributed by atoms with van der Waals surface area (Å²) in [6.07, 6.45) is 0. The Kier molecular flexibility index (Phi) is 5.39. The van der Waals surface area contributed by atoms with Crippen LogP contribution in [0.1, 0.15) is 5.56 Å². The number of para-hydroxylation sites is 1. The van der Waals surface area contributed by atoms with Crippen molar-refractivity contribution >= 4 is 33.2 Å². The number of anilines is 1. The summed E-state index contributed by atoms with van der Waals surface area (Å²) >= 11 is 1.35. The van der Waals surface area contributed by atoms with Gasteiger partial charge in [0.25, 0.3) is 0 Å². The van der Waals surface area contributed by atoms with Crippen LogP contribution in [0.3, 0.4) is 0 Å². The van der Waals surface area contributed by atoms with Crippen molar-refractivity contribution in [2.45, 2.75) is 6.54 Å². The Morgan fingerprint density at radius 1 is 0.969 bits per heavy atom. The summed E-state index contributed by atoms with van der Waals surface area (Å²) in [7, 11) is 0. The summed E-state index contributed by atoms with van der Waals surface area (Å²) in [5, 5.41) is 15.3. The first-order chi connectivity index (χ1) is 15.7. The third-order valence-electron chi connectivity index (χ3n) is 4.81. The first kappa shape index (κ1) is 20.0. The molecule has 0 saturated carbocycles. The Bertz CT molecular complexity index is 1410. The Morgan fingerprint density at radius 2 is 1.81 bits per heavy atom. The molecule has 1 N–H and O–H groups in total. The molecule has 5 rings (SSSR count). The van der Waals surface area contributed by atoms with E-state index < -0.39 is 0 Å². The first-order valence-electron chi connectivity index (χ1n) is 9.74. The number of nitrogens with one attached hydrogen (secondary N) is 1. The van der Waals surface area contributed by atoms with Gasteiger partial charge in [-0.1, -0.05) is 41.6 Å². The zero-order valence-corrected chi connectivity index (χ0v) is 17.4. The molecule has 0 aliphatic heterocycles. The molecule has 0 spiro atoms. The molecule has 9 heteroatoms. The number of rotatable bonds is 6. The maximum Gasteiger partial charge on any atom is 0.203 e. The lowest BCUT2D eigenvalue weighted by Gasteiger charge is -2.08. The van der Waals surface area contributed by atoms with Crippen LogP contribution in [0, 0.1) is 11.6 Å². The molecule has 2 aromatic heterocycles. The van der Waals surface area contributed by atoms with Crippen LogP contribution >= 0.6 is 11.3 Å². The molecule has 0 bridgehead atoms. The van der Waals surface area contributed by atoms with Crippen LogP contribution in [0.25, 0.3) is 22.3 Å². The second kappa shape index (κ2) is 8.64. The monoisotopic (exact) mass is 446 g/mol. The SMILES string of the molecule is Fc1ccc(/C(Cn2nnc3ccccc32)=N\Nc2nc(-c3cccc(F)c3)cs2)cc1. The van der Waals surface area contributed by atoms with Gasteiger partial charge in [0.15, 0.2) is 0 Å². The molecule has 0 fully saturated rings. The molecule has 0 amide bonds. The average Bonchev–Trinajstić information content (AvgIpc) is 3.45. The fourth-order valence-electron chi connectivity index (χ4n) is 3.23. The zero-order chi connectivity index (χ0) is 21.9. The van der Waals surface area contributed by atoms with E-state index in [4.69, 9.17) is 0 Å². The van der Waals surface area contributed by atoms with Gasteiger partial charge in [-0.05, 0) is 42.0 Å². The van der Waals surface area contributed by atoms with Gasteiger partial charge in [-0.2, -0.15) is 5.10 Å². The minimum Gasteiger partial charge on any atom is -0.252 e. The van der Waals surface area contributed by atoms with E-state index in [0.717, 1.165) is 16.6 Å². The predicted molar refractivity (Wildman–Crippen MR) is 122 cm³/mol. The molecule has 3 aromatic carbocycles. The van der Waals surface area contributed by atoms with Crippen molar-refractivity contribution in [1.82, 2.24) is 20.0 Å². The van der Waals surface area contributed by atoms with Crippen molar-refractivity contribution in [3.63, 3.8) is 0 Å². The van der Waals surface area contributed by atoms with Gasteiger partial charge in [-0.15, -0.1) is 16.4 Å². The van der Waals surface area contributed by atoms with E-state index >= 15 is 0 Å². The Balaban J connectivity index is 1.44. The predicted octanol–water partition coefficient (Wildman–Crippen LogP) is 5.35. The lowest BCUT2D eigenvalue weighted by Crippen LogP contribution is -2.15. The molecule has 6 nitrogen and oxygen atoms in total. The third-order valence-corrected chi connectivity index (χ3v) is 5.56. The molecule has 0 unspecified atom stereocenters. The Hall–Kier alpha value is -3.98. The summed E-state index contributed by atoms with van der Waals surface area (Å²) in [5.74, 6) is -0.645. The van der Waals surface area contributed by atoms with Crippen LogP contribution in [0.15, 0.2) is 83.3 Å². The van der Waals surface area contributed by atoms with Gasteiger partial charge in [-0.25, -0.2) is 18.4 Å². The number of hydrogen-bond donors (Lipinski definition) is 1. The fraction of sp³-hybridized carbons (Fsp3) is 0.0435. The van der Waals surface area contributed by atoms with E-state index in [1.807, 2.05) is 29.6 Å². The summed E-state index contributed by atoms with van der Waals surface area (Å²) < 4.78 is 28.7. The largest absolute Gasteiger partial charge is 0.252 e. The van der Waals surface area contributed by atoms with Crippen LogP contribution < -0.4 is 5.43 Å². The van der Waals surface area contributed by atoms with Gasteiger partial charge < -0.3 is 0 Å². The summed E-state index contributed by atoms with van der Waals surface area (Å²) in [5.41, 5.74) is 7.31. The molecule has 32 heavy (non-hydrogen) atoms. The second-order valence-corrected chi connectivity index (χ2v) is 7.82. The van der Waals surface area contributed by atoms with E-state index in [0.29, 0.717) is 28.6 Å². The molecule has 158 valence electrons. The molecule has 5 aromatic rings. The van der Waals surface area contributed by atoms with E-state index in [1.54, 1.807) is 28.9 Å². The number of benzene rings is 3. The summed E-state index contributed by atoms with van der Waals surface area (Å²) in [4.78, 5) is 4.49. The topological polar surface area (TPSA) is 68.0 Å². The molecule has 0 radical (unpaired) electrons. The van der Waals surface area contributed by atoms with Gasteiger partial charge in [0.1, 0.15) is 17.2 Å². The summed E-state index contributed by atoms with van der Waals surface area (Å²) in [6.45, 7) is 0.321. The highest BCUT2D eigenvalue weighted by molar-refractivity contribution is 7.14. The second-order valence-electron chi connectivity index (χ2n) is 6.96. The minimum atomic E-state index is -0.327. The van der Waals surface area contributed by atoms with E-state index in [9.17, 15) is 8.78 Å². The van der Waals surface area contributed by atoms with E-state index in [1.165, 1.54) is 35.6 Å². The normalized spacial score (nSPS) is 11.8. The smallest absolute Gasteiger partial charge is 0.203 e. The standard InChI is InChI=1S/C23H16F2N6S/c24-17-10-8-15(9-11-17)20(13-31-22-7-2-1-6-19(22)28-30-31)27-29-23-26-21(14-32-23)16-4-3-5-18(25)12-16/h1-12,14H,13H2,(H,26,29)/b27-20-. The molecule has 2 heterocycles. The van der Waals surface area contributed by atoms with E-state index in [-0.39, 0.29) is 11.6 Å². The van der Waals surface area contributed by atoms with Gasteiger partial charge in [0.2, 0.25) is 5.13 Å². The highest BCUT2D eigenvalue weighted by atomic mass is 32.1. The number of fused-ring (bicyclic) bond motifs is 1. The van der Waals surface area contributed by atoms with Crippen molar-refractivity contribution in [3.8, 4) is 11.3 Å². The number of thiazole rings is 1. The molecule has 0 aliphatic rings. The molecule has 0 aliphatic carbocycles. The number of halogens is 2. The van der Waals surface area contributed by atoms with Gasteiger partial charge in [0.05, 0.1) is 23.5 Å². The van der Waals surface area contributed by atoms with Crippen molar-refractivity contribution in [1.29, 1.82) is 0 Å². The van der Waals surface area contributed by atoms with Crippen molar-refractivity contribution in [2.24, 2.45) is 5.10 Å². The number of aromatic nitrogens is 4. The van der Waals surface area contributed by atoms with Gasteiger partial charge in [-0.3, -0.25) is 5.43 Å². The Morgan fingerprint density at radius 3 is 2.66 bits per heavy atom. The quantitative estimate of drug-likeness (QED) is 0.282. The van der Waals surface area contributed by atoms with Crippen LogP contribution in [-0.4, -0.2) is 25.7 Å². The van der Waals surface area contributed by atoms with Crippen LogP contribution in [0.5, 0.6) is 0 Å². The lowest BCUT2D eigenvalue weighted by atomic mass is 10.1. The van der Waals surface area contributed by atoms with Crippen molar-refractivity contribution in [3.05, 3.63) is 95.4 Å². The minimum absolute atomic E-state index is 0.318. The maximum absolute atomic E-state index is 13.5. The zero-order valence-electron chi connectivity index (χ0n) is 16.6. The third kappa shape index (κ3) is 4.23. The van der Waals surface area contributed by atoms with Gasteiger partial charge >= 0.3 is 0 Å². The van der Waals surface area contributed by atoms with Crippen molar-refractivity contribution in [2.75, 3.05) is 5.43 Å². The number of hydrogen-bond acceptors (Lipinski definition) is 6. The van der Waals surface area contributed by atoms with Crippen LogP contribution in [0.2, 0.25) is 0 Å². The van der Waals surface area contributed by atoms with Gasteiger partial charge in [0, 0.05) is 10.9 Å². The van der Waals surface area contributed by atoms with Crippen LogP contribution in [-0.2, 0) is 6.54 Å². The summed E-state index contributed by atoms with van der Waals surface area (Å²) in [6, 6.07) is 20.0. The molecular formula is C23H16F2N6S. The average molecular weight is 446 g/mol. The highest BCUT2D eigenvalue weighted by Crippen LogP contribution is 2.25. The fourth-order valence-corrected chi connectivity index (χ4v) is 3.89. The number of nitrogens with zero attached hydrogens (tertiary/aromatic N) is 5.